The number of nitrogens with zero attached hydrogens (tertiary/aromatic N) is 2. The van der Waals surface area contributed by atoms with Crippen molar-refractivity contribution in [1.82, 2.24) is 0 Å². The highest BCUT2D eigenvalue weighted by Gasteiger charge is 2.55. The van der Waals surface area contributed by atoms with Gasteiger partial charge in [0.25, 0.3) is 0 Å². The molecule has 0 bridgehead atoms. The van der Waals surface area contributed by atoms with E-state index < -0.39 is 5.60 Å². The van der Waals surface area contributed by atoms with Gasteiger partial charge in [0.2, 0.25) is 0 Å². The third-order valence-electron chi connectivity index (χ3n) is 9.19. The largest absolute Gasteiger partial charge is 0.456 e. The minimum absolute atomic E-state index is 0.347. The lowest BCUT2D eigenvalue weighted by Gasteiger charge is -2.40. The maximum atomic E-state index is 13.5. The van der Waals surface area contributed by atoms with Gasteiger partial charge in [0.1, 0.15) is 11.5 Å². The second kappa shape index (κ2) is 11.1. The second-order valence-corrected chi connectivity index (χ2v) is 11.6. The molecule has 6 heteroatoms. The zero-order chi connectivity index (χ0) is 29.6. The van der Waals surface area contributed by atoms with Gasteiger partial charge >= 0.3 is 5.97 Å². The van der Waals surface area contributed by atoms with Crippen molar-refractivity contribution in [3.05, 3.63) is 113 Å². The van der Waals surface area contributed by atoms with Gasteiger partial charge in [-0.2, -0.15) is 0 Å². The number of benzene rings is 4. The fourth-order valence-electron chi connectivity index (χ4n) is 7.27. The van der Waals surface area contributed by atoms with E-state index in [0.29, 0.717) is 29.7 Å². The summed E-state index contributed by atoms with van der Waals surface area (Å²) in [5, 5.41) is 1.92. The number of hydrogen-bond acceptors (Lipinski definition) is 6. The summed E-state index contributed by atoms with van der Waals surface area (Å²) in [5.41, 5.74) is 5.74. The highest BCUT2D eigenvalue weighted by Crippen LogP contribution is 2.59. The van der Waals surface area contributed by atoms with Crippen LogP contribution >= 0.6 is 0 Å². The normalized spacial score (nSPS) is 18.8. The first kappa shape index (κ1) is 27.5. The highest BCUT2D eigenvalue weighted by atomic mass is 16.7. The zero-order valence-corrected chi connectivity index (χ0v) is 25.1. The first-order valence-electron chi connectivity index (χ1n) is 15.6. The summed E-state index contributed by atoms with van der Waals surface area (Å²) in [5.74, 6) is 0.959. The maximum Gasteiger partial charge on any atom is 0.340 e. The molecule has 1 saturated carbocycles. The Morgan fingerprint density at radius 3 is 2.37 bits per heavy atom. The van der Waals surface area contributed by atoms with E-state index in [4.69, 9.17) is 14.3 Å². The van der Waals surface area contributed by atoms with E-state index in [-0.39, 0.29) is 5.97 Å². The number of fused-ring (bicyclic) bond motifs is 6. The van der Waals surface area contributed by atoms with Crippen LogP contribution in [0.3, 0.4) is 0 Å². The van der Waals surface area contributed by atoms with Crippen LogP contribution < -0.4 is 14.7 Å². The molecule has 0 N–H and O–H groups in total. The highest BCUT2D eigenvalue weighted by molar-refractivity contribution is 5.97. The minimum Gasteiger partial charge on any atom is -0.456 e. The predicted molar refractivity (Wildman–Crippen MR) is 170 cm³/mol. The van der Waals surface area contributed by atoms with Crippen molar-refractivity contribution in [3.8, 4) is 11.5 Å². The molecule has 2 aliphatic heterocycles. The van der Waals surface area contributed by atoms with Crippen molar-refractivity contribution in [2.75, 3.05) is 23.1 Å². The standard InChI is InChI=1S/C37H38N2O4/c1-4-38(26-14-7-6-8-15-26)27-23-22-25(3)32(24-27)39(41-5-2)31-19-13-21-34-35(31)37(30-18-11-12-20-33(30)42-34)29-17-10-9-16-28(29)36(40)43-37/h9-13,16-24,26H,4-8,14-15H2,1-3H3. The summed E-state index contributed by atoms with van der Waals surface area (Å²) in [4.78, 5) is 22.5. The quantitative estimate of drug-likeness (QED) is 0.162. The molecule has 4 aromatic carbocycles. The Morgan fingerprint density at radius 1 is 0.837 bits per heavy atom. The van der Waals surface area contributed by atoms with Crippen LogP contribution in [0.4, 0.5) is 17.1 Å². The molecule has 6 nitrogen and oxygen atoms in total. The number of aryl methyl sites for hydroxylation is 1. The SMILES string of the molecule is CCON(c1cc(N(CC)C2CCCCC2)ccc1C)c1cccc2c1C1(OC(=O)c3ccccc31)c1ccccc1O2. The lowest BCUT2D eigenvalue weighted by atomic mass is 9.77. The summed E-state index contributed by atoms with van der Waals surface area (Å²) in [6.45, 7) is 7.75. The van der Waals surface area contributed by atoms with Crippen molar-refractivity contribution < 1.29 is 19.1 Å². The monoisotopic (exact) mass is 574 g/mol. The average Bonchev–Trinajstić information content (AvgIpc) is 3.34. The third-order valence-corrected chi connectivity index (χ3v) is 9.19. The molecule has 2 heterocycles. The molecule has 0 amide bonds. The smallest absolute Gasteiger partial charge is 0.340 e. The first-order valence-corrected chi connectivity index (χ1v) is 15.6. The first-order chi connectivity index (χ1) is 21.1. The lowest BCUT2D eigenvalue weighted by molar-refractivity contribution is 0.0221. The van der Waals surface area contributed by atoms with E-state index in [9.17, 15) is 4.79 Å². The molecule has 1 aliphatic carbocycles. The van der Waals surface area contributed by atoms with Crippen LogP contribution in [-0.2, 0) is 15.2 Å². The Kier molecular flexibility index (Phi) is 7.10. The van der Waals surface area contributed by atoms with Gasteiger partial charge in [-0.3, -0.25) is 4.84 Å². The molecule has 4 aromatic rings. The molecule has 0 radical (unpaired) electrons. The number of ether oxygens (including phenoxy) is 2. The molecule has 3 aliphatic rings. The number of esters is 1. The molecule has 43 heavy (non-hydrogen) atoms. The maximum absolute atomic E-state index is 13.5. The second-order valence-electron chi connectivity index (χ2n) is 11.6. The minimum atomic E-state index is -1.19. The number of carbonyl (C=O) groups is 1. The molecule has 0 aromatic heterocycles. The molecular weight excluding hydrogens is 536 g/mol. The molecule has 7 rings (SSSR count). The number of rotatable bonds is 7. The van der Waals surface area contributed by atoms with Crippen molar-refractivity contribution in [2.24, 2.45) is 0 Å². The molecule has 1 atom stereocenters. The van der Waals surface area contributed by atoms with E-state index in [1.54, 1.807) is 0 Å². The van der Waals surface area contributed by atoms with Crippen molar-refractivity contribution in [2.45, 2.75) is 64.5 Å². The van der Waals surface area contributed by atoms with E-state index in [1.807, 2.05) is 78.7 Å². The van der Waals surface area contributed by atoms with Gasteiger partial charge in [-0.05, 0) is 75.6 Å². The predicted octanol–water partition coefficient (Wildman–Crippen LogP) is 8.81. The van der Waals surface area contributed by atoms with Crippen molar-refractivity contribution >= 4 is 23.0 Å². The van der Waals surface area contributed by atoms with Gasteiger partial charge in [-0.25, -0.2) is 9.86 Å². The third kappa shape index (κ3) is 4.39. The average molecular weight is 575 g/mol. The van der Waals surface area contributed by atoms with Gasteiger partial charge < -0.3 is 14.4 Å². The van der Waals surface area contributed by atoms with Crippen LogP contribution in [0.15, 0.2) is 84.9 Å². The molecule has 220 valence electrons. The Hall–Kier alpha value is -4.29. The molecule has 1 spiro atoms. The fraction of sp³-hybridized carbons (Fsp3) is 0.324. The summed E-state index contributed by atoms with van der Waals surface area (Å²) in [7, 11) is 0. The molecular formula is C37H38N2O4. The summed E-state index contributed by atoms with van der Waals surface area (Å²) in [6.07, 6.45) is 6.34. The Labute approximate surface area is 253 Å². The van der Waals surface area contributed by atoms with Crippen LogP contribution in [-0.4, -0.2) is 25.2 Å². The molecule has 1 fully saturated rings. The number of anilines is 3. The zero-order valence-electron chi connectivity index (χ0n) is 25.1. The topological polar surface area (TPSA) is 51.2 Å². The Morgan fingerprint density at radius 2 is 1.58 bits per heavy atom. The number of carbonyl (C=O) groups excluding carboxylic acids is 1. The van der Waals surface area contributed by atoms with E-state index in [0.717, 1.165) is 40.2 Å². The Bertz CT molecular complexity index is 1680. The summed E-state index contributed by atoms with van der Waals surface area (Å²) < 4.78 is 13.0. The van der Waals surface area contributed by atoms with Gasteiger partial charge in [-0.1, -0.05) is 67.8 Å². The van der Waals surface area contributed by atoms with E-state index >= 15 is 0 Å². The van der Waals surface area contributed by atoms with Gasteiger partial charge in [0, 0.05) is 29.4 Å². The van der Waals surface area contributed by atoms with Crippen LogP contribution in [0.5, 0.6) is 11.5 Å². The summed E-state index contributed by atoms with van der Waals surface area (Å²) in [6, 6.07) is 28.7. The van der Waals surface area contributed by atoms with Gasteiger partial charge in [0.15, 0.2) is 5.60 Å². The van der Waals surface area contributed by atoms with Crippen LogP contribution in [0.1, 0.15) is 78.6 Å². The molecule has 1 unspecified atom stereocenters. The lowest BCUT2D eigenvalue weighted by Crippen LogP contribution is -2.37. The van der Waals surface area contributed by atoms with E-state index in [1.165, 1.54) is 37.8 Å². The van der Waals surface area contributed by atoms with Gasteiger partial charge in [-0.15, -0.1) is 0 Å². The molecule has 0 saturated heterocycles. The van der Waals surface area contributed by atoms with Gasteiger partial charge in [0.05, 0.1) is 29.1 Å². The number of hydrogen-bond donors (Lipinski definition) is 0. The van der Waals surface area contributed by atoms with Crippen molar-refractivity contribution in [3.63, 3.8) is 0 Å². The summed E-state index contributed by atoms with van der Waals surface area (Å²) >= 11 is 0. The van der Waals surface area contributed by atoms with Crippen LogP contribution in [0, 0.1) is 6.92 Å². The van der Waals surface area contributed by atoms with E-state index in [2.05, 4.69) is 36.9 Å². The number of para-hydroxylation sites is 1. The fourth-order valence-corrected chi connectivity index (χ4v) is 7.27. The van der Waals surface area contributed by atoms with Crippen LogP contribution in [0.25, 0.3) is 0 Å². The van der Waals surface area contributed by atoms with Crippen LogP contribution in [0.2, 0.25) is 0 Å². The Balaban J connectivity index is 1.43. The van der Waals surface area contributed by atoms with Crippen molar-refractivity contribution in [1.29, 1.82) is 0 Å².